The fraction of sp³-hybridized carbons (Fsp3) is 0.250. The van der Waals surface area contributed by atoms with E-state index in [0.29, 0.717) is 35.2 Å². The number of benzene rings is 3. The van der Waals surface area contributed by atoms with Crippen LogP contribution in [0.1, 0.15) is 25.0 Å². The number of hydrogen-bond acceptors (Lipinski definition) is 7. The Morgan fingerprint density at radius 3 is 2.53 bits per heavy atom. The molecule has 0 radical (unpaired) electrons. The molecule has 36 heavy (non-hydrogen) atoms. The summed E-state index contributed by atoms with van der Waals surface area (Å²) < 4.78 is 11.8. The Bertz CT molecular complexity index is 1370. The number of carbonyl (C=O) groups is 1. The summed E-state index contributed by atoms with van der Waals surface area (Å²) in [6.45, 7) is 7.65. The molecule has 1 aliphatic rings. The molecular formula is C28H28N4O3S. The van der Waals surface area contributed by atoms with Gasteiger partial charge in [0.25, 0.3) is 5.24 Å². The van der Waals surface area contributed by atoms with Gasteiger partial charge in [0.2, 0.25) is 0 Å². The molecule has 3 aromatic rings. The first-order chi connectivity index (χ1) is 17.6. The van der Waals surface area contributed by atoms with Crippen LogP contribution in [0.4, 0.5) is 4.79 Å². The predicted molar refractivity (Wildman–Crippen MR) is 146 cm³/mol. The minimum absolute atomic E-state index is 0.137. The van der Waals surface area contributed by atoms with Gasteiger partial charge in [0.15, 0.2) is 11.5 Å². The molecule has 0 saturated carbocycles. The quantitative estimate of drug-likeness (QED) is 0.385. The molecular weight excluding hydrogens is 472 g/mol. The first-order valence-electron chi connectivity index (χ1n) is 11.8. The van der Waals surface area contributed by atoms with Crippen LogP contribution in [-0.2, 0) is 0 Å². The summed E-state index contributed by atoms with van der Waals surface area (Å²) >= 11 is 1.13. The van der Waals surface area contributed by atoms with Gasteiger partial charge in [0.1, 0.15) is 11.6 Å². The Morgan fingerprint density at radius 1 is 1.06 bits per heavy atom. The number of thioether (sulfide) groups is 1. The van der Waals surface area contributed by atoms with Crippen molar-refractivity contribution < 1.29 is 14.3 Å². The van der Waals surface area contributed by atoms with Crippen molar-refractivity contribution in [3.8, 4) is 23.3 Å². The van der Waals surface area contributed by atoms with Crippen LogP contribution in [0.15, 0.2) is 64.5 Å². The van der Waals surface area contributed by atoms with E-state index in [9.17, 15) is 10.1 Å². The Kier molecular flexibility index (Phi) is 8.26. The molecule has 1 aliphatic heterocycles. The number of nitrogens with one attached hydrogen (secondary N) is 1. The lowest BCUT2D eigenvalue weighted by Crippen LogP contribution is -2.27. The summed E-state index contributed by atoms with van der Waals surface area (Å²) in [6.07, 6.45) is 1.92. The second-order valence-corrected chi connectivity index (χ2v) is 9.08. The van der Waals surface area contributed by atoms with Crippen molar-refractivity contribution in [3.05, 3.63) is 70.6 Å². The molecule has 1 amide bonds. The second kappa shape index (κ2) is 11.8. The van der Waals surface area contributed by atoms with Crippen LogP contribution in [0.25, 0.3) is 16.8 Å². The smallest absolute Gasteiger partial charge is 0.289 e. The van der Waals surface area contributed by atoms with E-state index in [0.717, 1.165) is 52.6 Å². The van der Waals surface area contributed by atoms with E-state index in [1.54, 1.807) is 19.2 Å². The zero-order valence-electron chi connectivity index (χ0n) is 20.6. The SMILES string of the molecule is CCN(CC)CCN=C1NC(=O)S/C1=C\c1ccc(Oc2ccc(C#N)c3ccccc23)c(OC)c1. The van der Waals surface area contributed by atoms with Crippen LogP contribution < -0.4 is 14.8 Å². The van der Waals surface area contributed by atoms with Crippen molar-refractivity contribution in [2.75, 3.05) is 33.3 Å². The lowest BCUT2D eigenvalue weighted by atomic mass is 10.0. The van der Waals surface area contributed by atoms with Crippen molar-refractivity contribution >= 4 is 39.7 Å². The Hall–Kier alpha value is -3.80. The minimum atomic E-state index is -0.137. The van der Waals surface area contributed by atoms with Crippen LogP contribution in [-0.4, -0.2) is 49.3 Å². The number of nitrogens with zero attached hydrogens (tertiary/aromatic N) is 3. The van der Waals surface area contributed by atoms with E-state index in [-0.39, 0.29) is 5.24 Å². The van der Waals surface area contributed by atoms with Gasteiger partial charge in [-0.15, -0.1) is 0 Å². The van der Waals surface area contributed by atoms with Crippen LogP contribution in [0.3, 0.4) is 0 Å². The highest BCUT2D eigenvalue weighted by Gasteiger charge is 2.23. The fourth-order valence-electron chi connectivity index (χ4n) is 3.98. The maximum atomic E-state index is 12.1. The van der Waals surface area contributed by atoms with Crippen molar-refractivity contribution in [2.24, 2.45) is 4.99 Å². The van der Waals surface area contributed by atoms with Gasteiger partial charge in [-0.05, 0) is 60.8 Å². The zero-order valence-corrected chi connectivity index (χ0v) is 21.4. The minimum Gasteiger partial charge on any atom is -0.493 e. The first-order valence-corrected chi connectivity index (χ1v) is 12.6. The van der Waals surface area contributed by atoms with Crippen molar-refractivity contribution in [3.63, 3.8) is 0 Å². The highest BCUT2D eigenvalue weighted by molar-refractivity contribution is 8.18. The summed E-state index contributed by atoms with van der Waals surface area (Å²) in [4.78, 5) is 19.7. The van der Waals surface area contributed by atoms with Crippen LogP contribution >= 0.6 is 11.8 Å². The van der Waals surface area contributed by atoms with Crippen molar-refractivity contribution in [1.82, 2.24) is 10.2 Å². The molecule has 4 rings (SSSR count). The Morgan fingerprint density at radius 2 is 1.81 bits per heavy atom. The number of amidine groups is 1. The average molecular weight is 501 g/mol. The Labute approximate surface area is 215 Å². The monoisotopic (exact) mass is 500 g/mol. The fourth-order valence-corrected chi connectivity index (χ4v) is 4.73. The van der Waals surface area contributed by atoms with E-state index in [1.165, 1.54) is 0 Å². The number of carbonyl (C=O) groups excluding carboxylic acids is 1. The molecule has 184 valence electrons. The van der Waals surface area contributed by atoms with E-state index in [4.69, 9.17) is 9.47 Å². The van der Waals surface area contributed by atoms with Crippen LogP contribution in [0.5, 0.6) is 17.2 Å². The molecule has 1 saturated heterocycles. The number of ether oxygens (including phenoxy) is 2. The highest BCUT2D eigenvalue weighted by atomic mass is 32.2. The number of nitriles is 1. The molecule has 8 heteroatoms. The summed E-state index contributed by atoms with van der Waals surface area (Å²) in [7, 11) is 1.59. The summed E-state index contributed by atoms with van der Waals surface area (Å²) in [5.41, 5.74) is 1.46. The zero-order chi connectivity index (χ0) is 25.5. The summed E-state index contributed by atoms with van der Waals surface area (Å²) in [5, 5.41) is 13.8. The molecule has 1 N–H and O–H groups in total. The summed E-state index contributed by atoms with van der Waals surface area (Å²) in [6, 6.07) is 19.0. The molecule has 0 bridgehead atoms. The van der Waals surface area contributed by atoms with Gasteiger partial charge in [0, 0.05) is 17.3 Å². The number of likely N-dealkylation sites (N-methyl/N-ethyl adjacent to an activating group) is 1. The number of rotatable bonds is 9. The topological polar surface area (TPSA) is 87.0 Å². The number of hydrogen-bond donors (Lipinski definition) is 1. The normalized spacial score (nSPS) is 15.5. The summed E-state index contributed by atoms with van der Waals surface area (Å²) in [5.74, 6) is 2.34. The molecule has 0 atom stereocenters. The maximum Gasteiger partial charge on any atom is 0.289 e. The largest absolute Gasteiger partial charge is 0.493 e. The molecule has 1 heterocycles. The third-order valence-electron chi connectivity index (χ3n) is 5.95. The Balaban J connectivity index is 1.58. The van der Waals surface area contributed by atoms with Gasteiger partial charge in [-0.1, -0.05) is 44.2 Å². The lowest BCUT2D eigenvalue weighted by molar-refractivity contribution is 0.265. The average Bonchev–Trinajstić information content (AvgIpc) is 3.25. The van der Waals surface area contributed by atoms with Gasteiger partial charge in [-0.25, -0.2) is 0 Å². The molecule has 0 aromatic heterocycles. The maximum absolute atomic E-state index is 12.1. The molecule has 0 spiro atoms. The van der Waals surface area contributed by atoms with Gasteiger partial charge < -0.3 is 19.7 Å². The van der Waals surface area contributed by atoms with E-state index in [2.05, 4.69) is 35.1 Å². The standard InChI is InChI=1S/C28H28N4O3S/c1-4-32(5-2)15-14-30-27-26(36-28(33)31-27)17-19-10-12-24(25(16-19)34-3)35-23-13-11-20(18-29)21-8-6-7-9-22(21)23/h6-13,16-17H,4-5,14-15H2,1-3H3,(H,30,31,33)/b26-17-. The van der Waals surface area contributed by atoms with Gasteiger partial charge in [-0.3, -0.25) is 9.79 Å². The van der Waals surface area contributed by atoms with E-state index >= 15 is 0 Å². The predicted octanol–water partition coefficient (Wildman–Crippen LogP) is 6.05. The number of amides is 1. The second-order valence-electron chi connectivity index (χ2n) is 8.06. The third-order valence-corrected chi connectivity index (χ3v) is 6.77. The number of methoxy groups -OCH3 is 1. The van der Waals surface area contributed by atoms with Crippen LogP contribution in [0.2, 0.25) is 0 Å². The van der Waals surface area contributed by atoms with Gasteiger partial charge in [-0.2, -0.15) is 5.26 Å². The van der Waals surface area contributed by atoms with E-state index in [1.807, 2.05) is 48.5 Å². The van der Waals surface area contributed by atoms with Gasteiger partial charge in [0.05, 0.1) is 30.2 Å². The van der Waals surface area contributed by atoms with Crippen molar-refractivity contribution in [2.45, 2.75) is 13.8 Å². The van der Waals surface area contributed by atoms with Crippen LogP contribution in [0, 0.1) is 11.3 Å². The van der Waals surface area contributed by atoms with Crippen molar-refractivity contribution in [1.29, 1.82) is 5.26 Å². The molecule has 1 fully saturated rings. The molecule has 0 aliphatic carbocycles. The van der Waals surface area contributed by atoms with Gasteiger partial charge >= 0.3 is 0 Å². The number of aliphatic imine (C=N–C) groups is 1. The highest BCUT2D eigenvalue weighted by Crippen LogP contribution is 2.37. The number of fused-ring (bicyclic) bond motifs is 1. The molecule has 0 unspecified atom stereocenters. The van der Waals surface area contributed by atoms with E-state index < -0.39 is 0 Å². The lowest BCUT2D eigenvalue weighted by Gasteiger charge is -2.16. The third kappa shape index (κ3) is 5.70. The molecule has 3 aromatic carbocycles. The molecule has 7 nitrogen and oxygen atoms in total. The first kappa shape index (κ1) is 25.3.